The van der Waals surface area contributed by atoms with Gasteiger partial charge in [0.05, 0.1) is 13.2 Å². The lowest BCUT2D eigenvalue weighted by atomic mass is 9.73. The molecule has 1 heterocycles. The number of carbonyl (C=O) groups is 1. The fourth-order valence-corrected chi connectivity index (χ4v) is 4.29. The number of carbonyl (C=O) groups excluding carboxylic acids is 1. The summed E-state index contributed by atoms with van der Waals surface area (Å²) >= 11 is 0. The largest absolute Gasteiger partial charge is 0.453 e. The summed E-state index contributed by atoms with van der Waals surface area (Å²) in [4.78, 5) is 14.2. The molecular weight excluding hydrogens is 286 g/mol. The van der Waals surface area contributed by atoms with Gasteiger partial charge < -0.3 is 4.74 Å². The van der Waals surface area contributed by atoms with Crippen molar-refractivity contribution in [2.24, 2.45) is 11.8 Å². The van der Waals surface area contributed by atoms with Crippen LogP contribution in [0, 0.1) is 24.2 Å². The highest BCUT2D eigenvalue weighted by atomic mass is 16.5. The Morgan fingerprint density at radius 3 is 2.74 bits per heavy atom. The zero-order valence-electron chi connectivity index (χ0n) is 13.8. The molecule has 0 aromatic heterocycles. The number of benzene rings is 1. The van der Waals surface area contributed by atoms with E-state index in [1.807, 2.05) is 11.0 Å². The van der Waals surface area contributed by atoms with E-state index >= 15 is 0 Å². The van der Waals surface area contributed by atoms with Gasteiger partial charge in [0.2, 0.25) is 0 Å². The Balaban J connectivity index is 1.98. The van der Waals surface area contributed by atoms with Crippen molar-refractivity contribution in [2.75, 3.05) is 13.7 Å². The van der Waals surface area contributed by atoms with Gasteiger partial charge in [-0.2, -0.15) is 0 Å². The number of fused-ring (bicyclic) bond motifs is 1. The van der Waals surface area contributed by atoms with Gasteiger partial charge in [0, 0.05) is 12.5 Å². The average molecular weight is 311 g/mol. The van der Waals surface area contributed by atoms with E-state index in [9.17, 15) is 4.79 Å². The summed E-state index contributed by atoms with van der Waals surface area (Å²) in [7, 11) is 1.45. The number of hydrogen-bond donors (Lipinski definition) is 0. The van der Waals surface area contributed by atoms with Gasteiger partial charge in [0.1, 0.15) is 0 Å². The molecule has 1 aromatic rings. The zero-order valence-corrected chi connectivity index (χ0v) is 13.8. The topological polar surface area (TPSA) is 29.5 Å². The summed E-state index contributed by atoms with van der Waals surface area (Å²) < 4.78 is 5.04. The van der Waals surface area contributed by atoms with E-state index in [0.29, 0.717) is 12.5 Å². The number of nitrogens with zero attached hydrogens (tertiary/aromatic N) is 1. The van der Waals surface area contributed by atoms with Crippen LogP contribution in [0.25, 0.3) is 0 Å². The molecule has 0 radical (unpaired) electrons. The maximum atomic E-state index is 12.3. The smallest absolute Gasteiger partial charge is 0.410 e. The fourth-order valence-electron chi connectivity index (χ4n) is 4.29. The highest BCUT2D eigenvalue weighted by Gasteiger charge is 2.39. The van der Waals surface area contributed by atoms with Crippen LogP contribution >= 0.6 is 0 Å². The molecule has 0 bridgehead atoms. The summed E-state index contributed by atoms with van der Waals surface area (Å²) in [5, 5.41) is 0. The first-order valence-corrected chi connectivity index (χ1v) is 8.64. The summed E-state index contributed by atoms with van der Waals surface area (Å²) in [6.07, 6.45) is 12.7. The van der Waals surface area contributed by atoms with Crippen molar-refractivity contribution < 1.29 is 9.53 Å². The molecule has 1 aliphatic carbocycles. The lowest BCUT2D eigenvalue weighted by Gasteiger charge is -2.42. The Kier molecular flexibility index (Phi) is 4.91. The molecule has 1 aromatic carbocycles. The van der Waals surface area contributed by atoms with Crippen molar-refractivity contribution in [3.8, 4) is 12.3 Å². The van der Waals surface area contributed by atoms with Crippen LogP contribution in [0.4, 0.5) is 4.79 Å². The zero-order chi connectivity index (χ0) is 16.2. The minimum Gasteiger partial charge on any atom is -0.453 e. The van der Waals surface area contributed by atoms with Gasteiger partial charge in [-0.3, -0.25) is 4.90 Å². The highest BCUT2D eigenvalue weighted by molar-refractivity contribution is 5.69. The first-order chi connectivity index (χ1) is 11.3. The first-order valence-electron chi connectivity index (χ1n) is 8.64. The van der Waals surface area contributed by atoms with Crippen molar-refractivity contribution in [1.29, 1.82) is 0 Å². The molecule has 1 amide bonds. The van der Waals surface area contributed by atoms with Crippen LogP contribution < -0.4 is 0 Å². The average Bonchev–Trinajstić information content (AvgIpc) is 2.62. The van der Waals surface area contributed by atoms with Crippen LogP contribution in [-0.2, 0) is 11.2 Å². The van der Waals surface area contributed by atoms with Gasteiger partial charge in [0.15, 0.2) is 0 Å². The van der Waals surface area contributed by atoms with Crippen LogP contribution in [0.1, 0.15) is 49.3 Å². The highest BCUT2D eigenvalue weighted by Crippen LogP contribution is 2.42. The van der Waals surface area contributed by atoms with Crippen molar-refractivity contribution in [3.05, 3.63) is 35.4 Å². The number of rotatable bonds is 2. The van der Waals surface area contributed by atoms with E-state index in [1.165, 1.54) is 50.3 Å². The Bertz CT molecular complexity index is 598. The van der Waals surface area contributed by atoms with E-state index < -0.39 is 0 Å². The molecule has 0 saturated heterocycles. The number of hydrogen-bond acceptors (Lipinski definition) is 2. The molecule has 23 heavy (non-hydrogen) atoms. The molecule has 1 saturated carbocycles. The van der Waals surface area contributed by atoms with Crippen molar-refractivity contribution in [3.63, 3.8) is 0 Å². The van der Waals surface area contributed by atoms with Crippen molar-refractivity contribution in [1.82, 2.24) is 4.90 Å². The van der Waals surface area contributed by atoms with Gasteiger partial charge in [-0.15, -0.1) is 12.3 Å². The molecule has 0 N–H and O–H groups in total. The Labute approximate surface area is 139 Å². The maximum absolute atomic E-state index is 12.3. The van der Waals surface area contributed by atoms with Crippen LogP contribution in [-0.4, -0.2) is 24.6 Å². The number of amides is 1. The molecule has 2 atom stereocenters. The van der Waals surface area contributed by atoms with E-state index in [-0.39, 0.29) is 18.1 Å². The first kappa shape index (κ1) is 15.9. The quantitative estimate of drug-likeness (QED) is 0.767. The predicted octanol–water partition coefficient (Wildman–Crippen LogP) is 4.18. The predicted molar refractivity (Wildman–Crippen MR) is 90.9 cm³/mol. The van der Waals surface area contributed by atoms with E-state index in [1.54, 1.807) is 0 Å². The van der Waals surface area contributed by atoms with Crippen LogP contribution in [0.3, 0.4) is 0 Å². The normalized spacial score (nSPS) is 22.8. The summed E-state index contributed by atoms with van der Waals surface area (Å²) in [5.74, 6) is 3.60. The third-order valence-corrected chi connectivity index (χ3v) is 5.43. The van der Waals surface area contributed by atoms with Gasteiger partial charge in [-0.1, -0.05) is 43.5 Å². The third-order valence-electron chi connectivity index (χ3n) is 5.43. The third kappa shape index (κ3) is 3.08. The molecule has 1 fully saturated rings. The minimum atomic E-state index is -0.263. The minimum absolute atomic E-state index is 0.0551. The molecule has 0 spiro atoms. The van der Waals surface area contributed by atoms with E-state index in [2.05, 4.69) is 24.1 Å². The van der Waals surface area contributed by atoms with Crippen molar-refractivity contribution in [2.45, 2.75) is 44.6 Å². The van der Waals surface area contributed by atoms with Gasteiger partial charge in [-0.05, 0) is 36.3 Å². The molecule has 2 aliphatic rings. The second kappa shape index (κ2) is 7.08. The summed E-state index contributed by atoms with van der Waals surface area (Å²) in [6.45, 7) is 0.680. The molecular formula is C20H25NO2. The maximum Gasteiger partial charge on any atom is 0.410 e. The number of ether oxygens (including phenoxy) is 1. The lowest BCUT2D eigenvalue weighted by molar-refractivity contribution is 0.0762. The van der Waals surface area contributed by atoms with Crippen LogP contribution in [0.5, 0.6) is 0 Å². The van der Waals surface area contributed by atoms with E-state index in [0.717, 1.165) is 6.42 Å². The molecule has 3 rings (SSSR count). The molecule has 122 valence electrons. The Morgan fingerprint density at radius 2 is 2.04 bits per heavy atom. The fraction of sp³-hybridized carbons (Fsp3) is 0.550. The molecule has 2 unspecified atom stereocenters. The van der Waals surface area contributed by atoms with Gasteiger partial charge in [-0.25, -0.2) is 4.79 Å². The van der Waals surface area contributed by atoms with Crippen molar-refractivity contribution >= 4 is 6.09 Å². The lowest BCUT2D eigenvalue weighted by Crippen LogP contribution is -2.44. The second-order valence-electron chi connectivity index (χ2n) is 6.65. The standard InChI is InChI=1S/C20H25NO2/c1-3-17(15-9-5-4-6-10-15)19-18-12-8-7-11-16(18)13-14-21(19)20(22)23-2/h1,7-8,11-12,15,17,19H,4-6,9-10,13-14H2,2H3. The Hall–Kier alpha value is -1.95. The van der Waals surface area contributed by atoms with Crippen LogP contribution in [0.15, 0.2) is 24.3 Å². The monoisotopic (exact) mass is 311 g/mol. The van der Waals surface area contributed by atoms with Gasteiger partial charge >= 0.3 is 6.09 Å². The number of terminal acetylenes is 1. The second-order valence-corrected chi connectivity index (χ2v) is 6.65. The molecule has 3 nitrogen and oxygen atoms in total. The van der Waals surface area contributed by atoms with E-state index in [4.69, 9.17) is 11.2 Å². The summed E-state index contributed by atoms with van der Waals surface area (Å²) in [6, 6.07) is 8.34. The summed E-state index contributed by atoms with van der Waals surface area (Å²) in [5.41, 5.74) is 2.52. The van der Waals surface area contributed by atoms with Crippen LogP contribution in [0.2, 0.25) is 0 Å². The SMILES string of the molecule is C#CC(C1CCCCC1)C1c2ccccc2CCN1C(=O)OC. The number of methoxy groups -OCH3 is 1. The molecule has 3 heteroatoms. The molecule has 1 aliphatic heterocycles. The van der Waals surface area contributed by atoms with Gasteiger partial charge in [0.25, 0.3) is 0 Å². The Morgan fingerprint density at radius 1 is 1.30 bits per heavy atom.